The molecule has 79 heavy (non-hydrogen) atoms. The van der Waals surface area contributed by atoms with Gasteiger partial charge in [0.05, 0.1) is 35.7 Å². The highest BCUT2D eigenvalue weighted by Gasteiger charge is 2.40. The summed E-state index contributed by atoms with van der Waals surface area (Å²) in [5.74, 6) is -5.31. The molecule has 4 aromatic heterocycles. The number of carbonyl (C=O) groups is 5. The van der Waals surface area contributed by atoms with Crippen molar-refractivity contribution in [1.29, 1.82) is 0 Å². The topological polar surface area (TPSA) is 218 Å². The third-order valence-corrected chi connectivity index (χ3v) is 13.9. The monoisotopic (exact) mass is 1110 g/mol. The highest BCUT2D eigenvalue weighted by Crippen LogP contribution is 2.42. The number of pyridine rings is 1. The van der Waals surface area contributed by atoms with Crippen molar-refractivity contribution in [3.05, 3.63) is 140 Å². The second-order valence-corrected chi connectivity index (χ2v) is 20.4. The Bertz CT molecular complexity index is 3270. The summed E-state index contributed by atoms with van der Waals surface area (Å²) in [6, 6.07) is 9.94. The van der Waals surface area contributed by atoms with Crippen molar-refractivity contribution in [2.24, 2.45) is 5.73 Å². The standard InChI is InChI=1S/C32H29F5N4O3.C12H16F2N2O2.C11H12F2N2O2/c1-32(44)8-2-4-24-28(30(36)37)40-41(29(24)32)16-22(42)13-19(10-17-11-20(33)15-21(34)12-17)27-23(5-3-9-39-27)18-6-7-26(35)25(14-18)31(38)43;1-7(17)6-16-10-8(9(15-16)11(13)14)4-3-5-12(10,2)18;1-6(16)5-15-10-7(3-2-4-8(10)17)9(14-15)11(12)13/h3,5-7,9,11-12,14-15,19,30,44H,2,4,8,10,13,16H2,1H3,(H2,38,43);11,18H,3-6H2,1-2H3;11H,2-5H2,1H3/t19-,32?;;/m1../s1. The minimum absolute atomic E-state index is 0.0501. The molecule has 0 aliphatic heterocycles. The van der Waals surface area contributed by atoms with Gasteiger partial charge in [-0.15, -0.1) is 0 Å². The lowest BCUT2D eigenvalue weighted by molar-refractivity contribution is -0.120. The van der Waals surface area contributed by atoms with Crippen LogP contribution in [-0.2, 0) is 70.9 Å². The maximum absolute atomic E-state index is 14.3. The maximum Gasteiger partial charge on any atom is 0.282 e. The zero-order chi connectivity index (χ0) is 57.8. The number of hydrogen-bond donors (Lipinski definition) is 3. The fourth-order valence-corrected chi connectivity index (χ4v) is 10.8. The fourth-order valence-electron chi connectivity index (χ4n) is 10.8. The quantitative estimate of drug-likeness (QED) is 0.0775. The number of nitrogens with two attached hydrogens (primary N) is 1. The first-order chi connectivity index (χ1) is 37.2. The molecule has 422 valence electrons. The van der Waals surface area contributed by atoms with Gasteiger partial charge in [0.2, 0.25) is 0 Å². The van der Waals surface area contributed by atoms with Gasteiger partial charge in [-0.1, -0.05) is 12.1 Å². The number of halogens is 9. The molecule has 0 saturated carbocycles. The second-order valence-electron chi connectivity index (χ2n) is 20.4. The summed E-state index contributed by atoms with van der Waals surface area (Å²) in [5, 5.41) is 32.8. The van der Waals surface area contributed by atoms with Crippen molar-refractivity contribution in [2.75, 3.05) is 0 Å². The lowest BCUT2D eigenvalue weighted by Crippen LogP contribution is -2.31. The molecule has 6 aromatic rings. The number of carbonyl (C=O) groups excluding carboxylic acids is 5. The molecule has 4 heterocycles. The minimum Gasteiger partial charge on any atom is -0.384 e. The van der Waals surface area contributed by atoms with E-state index in [1.807, 2.05) is 0 Å². The molecular weight excluding hydrogens is 1060 g/mol. The number of aromatic nitrogens is 7. The molecule has 2 aromatic carbocycles. The van der Waals surface area contributed by atoms with Crippen LogP contribution >= 0.6 is 0 Å². The lowest BCUT2D eigenvalue weighted by Gasteiger charge is -2.30. The van der Waals surface area contributed by atoms with E-state index in [1.54, 1.807) is 19.1 Å². The molecule has 2 unspecified atom stereocenters. The molecule has 0 fully saturated rings. The third-order valence-electron chi connectivity index (χ3n) is 13.9. The van der Waals surface area contributed by atoms with Crippen LogP contribution in [0.4, 0.5) is 39.5 Å². The number of ketones is 4. The van der Waals surface area contributed by atoms with Gasteiger partial charge >= 0.3 is 0 Å². The molecular formula is C55H57F9N8O7. The molecule has 0 bridgehead atoms. The third kappa shape index (κ3) is 13.6. The number of Topliss-reactive ketones (excluding diaryl/α,β-unsaturated/α-hetero) is 4. The number of nitrogens with zero attached hydrogens (tertiary/aromatic N) is 7. The zero-order valence-electron chi connectivity index (χ0n) is 43.5. The number of alkyl halides is 6. The fraction of sp³-hybridized carbons (Fsp3) is 0.436. The number of benzene rings is 2. The Balaban J connectivity index is 0.000000210. The summed E-state index contributed by atoms with van der Waals surface area (Å²) < 4.78 is 125. The van der Waals surface area contributed by atoms with E-state index in [4.69, 9.17) is 5.73 Å². The molecule has 15 nitrogen and oxygen atoms in total. The molecule has 4 N–H and O–H groups in total. The predicted molar refractivity (Wildman–Crippen MR) is 266 cm³/mol. The number of amides is 1. The van der Waals surface area contributed by atoms with Crippen LogP contribution in [0.2, 0.25) is 0 Å². The van der Waals surface area contributed by atoms with Crippen molar-refractivity contribution >= 4 is 29.0 Å². The van der Waals surface area contributed by atoms with Gasteiger partial charge in [-0.05, 0) is 127 Å². The Morgan fingerprint density at radius 1 is 0.658 bits per heavy atom. The largest absolute Gasteiger partial charge is 0.384 e. The van der Waals surface area contributed by atoms with E-state index >= 15 is 0 Å². The van der Waals surface area contributed by atoms with Gasteiger partial charge < -0.3 is 15.9 Å². The summed E-state index contributed by atoms with van der Waals surface area (Å²) in [6.07, 6.45) is -3.13. The van der Waals surface area contributed by atoms with Crippen molar-refractivity contribution in [3.63, 3.8) is 0 Å². The van der Waals surface area contributed by atoms with Crippen LogP contribution in [-0.4, -0.2) is 73.6 Å². The Morgan fingerprint density at radius 2 is 1.16 bits per heavy atom. The van der Waals surface area contributed by atoms with Crippen molar-refractivity contribution < 1.29 is 73.7 Å². The minimum atomic E-state index is -2.90. The second kappa shape index (κ2) is 24.4. The molecule has 0 saturated heterocycles. The molecule has 24 heteroatoms. The van der Waals surface area contributed by atoms with Crippen LogP contribution in [0, 0.1) is 17.5 Å². The van der Waals surface area contributed by atoms with Crippen molar-refractivity contribution in [1.82, 2.24) is 34.3 Å². The average Bonchev–Trinajstić information content (AvgIpc) is 4.10. The van der Waals surface area contributed by atoms with Gasteiger partial charge in [-0.25, -0.2) is 39.5 Å². The van der Waals surface area contributed by atoms with E-state index in [1.165, 1.54) is 43.8 Å². The zero-order valence-corrected chi connectivity index (χ0v) is 43.5. The van der Waals surface area contributed by atoms with E-state index in [-0.39, 0.29) is 89.2 Å². The van der Waals surface area contributed by atoms with Crippen LogP contribution < -0.4 is 5.73 Å². The summed E-state index contributed by atoms with van der Waals surface area (Å²) in [5.41, 5.74) is 4.20. The number of primary amides is 1. The van der Waals surface area contributed by atoms with E-state index in [0.717, 1.165) is 27.6 Å². The van der Waals surface area contributed by atoms with Gasteiger partial charge in [-0.3, -0.25) is 43.0 Å². The van der Waals surface area contributed by atoms with E-state index in [2.05, 4.69) is 20.3 Å². The normalized spacial score (nSPS) is 18.0. The molecule has 3 aliphatic carbocycles. The predicted octanol–water partition coefficient (Wildman–Crippen LogP) is 9.81. The Kier molecular flexibility index (Phi) is 18.3. The van der Waals surface area contributed by atoms with Crippen LogP contribution in [0.15, 0.2) is 54.7 Å². The van der Waals surface area contributed by atoms with Crippen molar-refractivity contribution in [2.45, 2.75) is 154 Å². The van der Waals surface area contributed by atoms with E-state index < -0.39 is 77.8 Å². The molecule has 9 rings (SSSR count). The van der Waals surface area contributed by atoms with Crippen LogP contribution in [0.5, 0.6) is 0 Å². The van der Waals surface area contributed by atoms with Gasteiger partial charge in [0, 0.05) is 53.3 Å². The maximum atomic E-state index is 14.3. The summed E-state index contributed by atoms with van der Waals surface area (Å²) >= 11 is 0. The first-order valence-corrected chi connectivity index (χ1v) is 25.3. The molecule has 0 spiro atoms. The summed E-state index contributed by atoms with van der Waals surface area (Å²) in [4.78, 5) is 63.8. The number of aliphatic hydroxyl groups is 2. The van der Waals surface area contributed by atoms with Gasteiger partial charge in [0.15, 0.2) is 23.1 Å². The first kappa shape index (κ1) is 59.3. The lowest BCUT2D eigenvalue weighted by atomic mass is 9.84. The van der Waals surface area contributed by atoms with Crippen LogP contribution in [0.1, 0.15) is 175 Å². The SMILES string of the molecule is CC(=O)Cn1nc(C(F)F)c2c1C(=O)CCC2.CC(=O)Cn1nc(C(F)F)c2c1C(C)(O)CCC2.CC1(O)CCCc2c(C(F)F)nn(CC(=O)C[C@@H](Cc3cc(F)cc(F)c3)c3ncccc3-c3ccc(F)c(C(N)=O)c3)c21. The number of hydrogen-bond acceptors (Lipinski definition) is 11. The number of rotatable bonds is 16. The van der Waals surface area contributed by atoms with E-state index in [9.17, 15) is 73.7 Å². The highest BCUT2D eigenvalue weighted by atomic mass is 19.3. The summed E-state index contributed by atoms with van der Waals surface area (Å²) in [7, 11) is 0. The van der Waals surface area contributed by atoms with Gasteiger partial charge in [0.25, 0.3) is 25.2 Å². The summed E-state index contributed by atoms with van der Waals surface area (Å²) in [6.45, 7) is 5.14. The smallest absolute Gasteiger partial charge is 0.282 e. The molecule has 1 amide bonds. The van der Waals surface area contributed by atoms with Gasteiger partial charge in [0.1, 0.15) is 58.0 Å². The van der Waals surface area contributed by atoms with Gasteiger partial charge in [-0.2, -0.15) is 15.3 Å². The Labute approximate surface area is 447 Å². The molecule has 3 atom stereocenters. The Morgan fingerprint density at radius 3 is 1.70 bits per heavy atom. The van der Waals surface area contributed by atoms with Crippen LogP contribution in [0.25, 0.3) is 11.1 Å². The Hall–Kier alpha value is -7.34. The average molecular weight is 1110 g/mol. The van der Waals surface area contributed by atoms with Crippen LogP contribution in [0.3, 0.4) is 0 Å². The first-order valence-electron chi connectivity index (χ1n) is 25.3. The number of fused-ring (bicyclic) bond motifs is 3. The highest BCUT2D eigenvalue weighted by molar-refractivity contribution is 5.97. The van der Waals surface area contributed by atoms with Crippen molar-refractivity contribution in [3.8, 4) is 11.1 Å². The van der Waals surface area contributed by atoms with E-state index in [0.29, 0.717) is 91.1 Å². The molecule has 0 radical (unpaired) electrons. The molecule has 3 aliphatic rings.